The van der Waals surface area contributed by atoms with Crippen LogP contribution in [0.15, 0.2) is 11.3 Å². The monoisotopic (exact) mass is 296 g/mol. The van der Waals surface area contributed by atoms with Gasteiger partial charge in [0.05, 0.1) is 6.54 Å². The van der Waals surface area contributed by atoms with Crippen molar-refractivity contribution in [2.24, 2.45) is 4.99 Å². The Bertz CT molecular complexity index is 444. The third-order valence-corrected chi connectivity index (χ3v) is 4.83. The van der Waals surface area contributed by atoms with Crippen LogP contribution in [0.2, 0.25) is 0 Å². The minimum atomic E-state index is 0.530. The predicted octanol–water partition coefficient (Wildman–Crippen LogP) is 1.25. The van der Waals surface area contributed by atoms with E-state index in [2.05, 4.69) is 39.0 Å². The first-order valence-corrected chi connectivity index (χ1v) is 8.42. The molecule has 1 aliphatic rings. The Labute approximate surface area is 124 Å². The van der Waals surface area contributed by atoms with Crippen LogP contribution in [0, 0.1) is 0 Å². The second-order valence-electron chi connectivity index (χ2n) is 4.97. The number of nitrogens with one attached hydrogen (secondary N) is 2. The molecule has 0 aliphatic heterocycles. The van der Waals surface area contributed by atoms with Gasteiger partial charge in [-0.3, -0.25) is 4.99 Å². The lowest BCUT2D eigenvalue weighted by Gasteiger charge is -2.17. The second kappa shape index (κ2) is 7.52. The highest BCUT2D eigenvalue weighted by molar-refractivity contribution is 7.99. The van der Waals surface area contributed by atoms with Gasteiger partial charge >= 0.3 is 0 Å². The van der Waals surface area contributed by atoms with Crippen molar-refractivity contribution in [2.75, 3.05) is 13.3 Å². The minimum absolute atomic E-state index is 0.530. The van der Waals surface area contributed by atoms with Crippen LogP contribution < -0.4 is 10.6 Å². The van der Waals surface area contributed by atoms with Gasteiger partial charge in [0.15, 0.2) is 11.8 Å². The molecule has 20 heavy (non-hydrogen) atoms. The zero-order valence-electron chi connectivity index (χ0n) is 12.5. The quantitative estimate of drug-likeness (QED) is 0.632. The van der Waals surface area contributed by atoms with Crippen molar-refractivity contribution in [2.45, 2.75) is 50.6 Å². The molecule has 1 aliphatic carbocycles. The molecule has 0 saturated heterocycles. The van der Waals surface area contributed by atoms with Crippen LogP contribution in [-0.2, 0) is 13.1 Å². The van der Waals surface area contributed by atoms with Crippen molar-refractivity contribution in [1.82, 2.24) is 25.4 Å². The summed E-state index contributed by atoms with van der Waals surface area (Å²) in [5.41, 5.74) is 0. The summed E-state index contributed by atoms with van der Waals surface area (Å²) in [6, 6.07) is 0.530. The number of nitrogens with zero attached hydrogens (tertiary/aromatic N) is 4. The first-order valence-electron chi connectivity index (χ1n) is 7.13. The fourth-order valence-electron chi connectivity index (χ4n) is 2.52. The lowest BCUT2D eigenvalue weighted by molar-refractivity contribution is 0.606. The Morgan fingerprint density at radius 2 is 2.40 bits per heavy atom. The molecule has 0 aromatic carbocycles. The standard InChI is InChI=1S/C13H24N6S/c1-4-19-9-16-18-12(19)8-15-13(14-2)17-10-5-6-11(7-10)20-3/h9-11H,4-8H2,1-3H3,(H2,14,15,17). The van der Waals surface area contributed by atoms with E-state index in [9.17, 15) is 0 Å². The SMILES string of the molecule is CCn1cnnc1CNC(=NC)NC1CCC(SC)C1. The maximum Gasteiger partial charge on any atom is 0.191 e. The summed E-state index contributed by atoms with van der Waals surface area (Å²) in [4.78, 5) is 4.29. The van der Waals surface area contributed by atoms with Crippen molar-refractivity contribution >= 4 is 17.7 Å². The van der Waals surface area contributed by atoms with Gasteiger partial charge in [0.2, 0.25) is 0 Å². The molecule has 1 aromatic rings. The van der Waals surface area contributed by atoms with Gasteiger partial charge in [-0.15, -0.1) is 10.2 Å². The molecule has 2 atom stereocenters. The minimum Gasteiger partial charge on any atom is -0.354 e. The number of guanidine groups is 1. The first kappa shape index (κ1) is 15.2. The van der Waals surface area contributed by atoms with Crippen LogP contribution in [0.1, 0.15) is 32.0 Å². The number of hydrogen-bond donors (Lipinski definition) is 2. The fourth-order valence-corrected chi connectivity index (χ4v) is 3.31. The molecule has 0 spiro atoms. The molecule has 0 amide bonds. The van der Waals surface area contributed by atoms with Crippen LogP contribution >= 0.6 is 11.8 Å². The van der Waals surface area contributed by atoms with Crippen LogP contribution in [0.5, 0.6) is 0 Å². The number of aliphatic imine (C=N–C) groups is 1. The van der Waals surface area contributed by atoms with Crippen LogP contribution in [0.25, 0.3) is 0 Å². The van der Waals surface area contributed by atoms with E-state index in [1.54, 1.807) is 13.4 Å². The average molecular weight is 296 g/mol. The first-order chi connectivity index (χ1) is 9.76. The summed E-state index contributed by atoms with van der Waals surface area (Å²) < 4.78 is 2.03. The average Bonchev–Trinajstić information content (AvgIpc) is 3.11. The van der Waals surface area contributed by atoms with Crippen molar-refractivity contribution in [3.63, 3.8) is 0 Å². The number of aryl methyl sites for hydroxylation is 1. The van der Waals surface area contributed by atoms with E-state index in [0.717, 1.165) is 23.6 Å². The maximum atomic E-state index is 4.29. The van der Waals surface area contributed by atoms with E-state index in [-0.39, 0.29) is 0 Å². The highest BCUT2D eigenvalue weighted by Gasteiger charge is 2.24. The topological polar surface area (TPSA) is 67.1 Å². The molecule has 1 heterocycles. The van der Waals surface area contributed by atoms with Crippen LogP contribution in [0.3, 0.4) is 0 Å². The Kier molecular flexibility index (Phi) is 5.70. The molecule has 1 aromatic heterocycles. The maximum absolute atomic E-state index is 4.29. The molecule has 0 bridgehead atoms. The number of thioether (sulfide) groups is 1. The van der Waals surface area contributed by atoms with Gasteiger partial charge in [-0.1, -0.05) is 0 Å². The zero-order chi connectivity index (χ0) is 14.4. The number of rotatable bonds is 5. The smallest absolute Gasteiger partial charge is 0.191 e. The van der Waals surface area contributed by atoms with Gasteiger partial charge in [-0.25, -0.2) is 0 Å². The molecule has 1 saturated carbocycles. The second-order valence-corrected chi connectivity index (χ2v) is 6.11. The van der Waals surface area contributed by atoms with E-state index in [1.807, 2.05) is 16.3 Å². The molecular formula is C13H24N6S. The largest absolute Gasteiger partial charge is 0.354 e. The van der Waals surface area contributed by atoms with Gasteiger partial charge in [0.1, 0.15) is 6.33 Å². The lowest BCUT2D eigenvalue weighted by atomic mass is 10.2. The van der Waals surface area contributed by atoms with Crippen molar-refractivity contribution in [3.05, 3.63) is 12.2 Å². The highest BCUT2D eigenvalue weighted by Crippen LogP contribution is 2.27. The Morgan fingerprint density at radius 1 is 1.55 bits per heavy atom. The van der Waals surface area contributed by atoms with Gasteiger partial charge in [-0.05, 0) is 32.4 Å². The van der Waals surface area contributed by atoms with Crippen LogP contribution in [-0.4, -0.2) is 45.3 Å². The predicted molar refractivity (Wildman–Crippen MR) is 84.0 cm³/mol. The molecular weight excluding hydrogens is 272 g/mol. The molecule has 2 rings (SSSR count). The summed E-state index contributed by atoms with van der Waals surface area (Å²) in [5, 5.41) is 15.6. The summed E-state index contributed by atoms with van der Waals surface area (Å²) in [7, 11) is 1.81. The van der Waals surface area contributed by atoms with Crippen molar-refractivity contribution in [1.29, 1.82) is 0 Å². The van der Waals surface area contributed by atoms with E-state index in [4.69, 9.17) is 0 Å². The summed E-state index contributed by atoms with van der Waals surface area (Å²) in [6.45, 7) is 3.61. The number of aromatic nitrogens is 3. The molecule has 2 unspecified atom stereocenters. The van der Waals surface area contributed by atoms with E-state index < -0.39 is 0 Å². The molecule has 6 nitrogen and oxygen atoms in total. The van der Waals surface area contributed by atoms with Crippen molar-refractivity contribution < 1.29 is 0 Å². The highest BCUT2D eigenvalue weighted by atomic mass is 32.2. The third kappa shape index (κ3) is 3.88. The molecule has 2 N–H and O–H groups in total. The lowest BCUT2D eigenvalue weighted by Crippen LogP contribution is -2.42. The Hall–Kier alpha value is -1.24. The van der Waals surface area contributed by atoms with Crippen LogP contribution in [0.4, 0.5) is 0 Å². The summed E-state index contributed by atoms with van der Waals surface area (Å²) in [5.74, 6) is 1.78. The normalized spacial score (nSPS) is 23.1. The van der Waals surface area contributed by atoms with E-state index in [0.29, 0.717) is 12.6 Å². The number of hydrogen-bond acceptors (Lipinski definition) is 4. The molecule has 7 heteroatoms. The zero-order valence-corrected chi connectivity index (χ0v) is 13.3. The van der Waals surface area contributed by atoms with Crippen molar-refractivity contribution in [3.8, 4) is 0 Å². The van der Waals surface area contributed by atoms with Gasteiger partial charge in [-0.2, -0.15) is 11.8 Å². The molecule has 0 radical (unpaired) electrons. The molecule has 1 fully saturated rings. The Balaban J connectivity index is 1.81. The van der Waals surface area contributed by atoms with Gasteiger partial charge in [0, 0.05) is 24.9 Å². The summed E-state index contributed by atoms with van der Waals surface area (Å²) >= 11 is 1.97. The molecule has 112 valence electrons. The van der Waals surface area contributed by atoms with Gasteiger partial charge in [0.25, 0.3) is 0 Å². The van der Waals surface area contributed by atoms with Gasteiger partial charge < -0.3 is 15.2 Å². The Morgan fingerprint density at radius 3 is 3.05 bits per heavy atom. The summed E-state index contributed by atoms with van der Waals surface area (Å²) in [6.07, 6.45) is 7.68. The fraction of sp³-hybridized carbons (Fsp3) is 0.769. The van der Waals surface area contributed by atoms with E-state index in [1.165, 1.54) is 19.3 Å². The third-order valence-electron chi connectivity index (χ3n) is 3.73. The van der Waals surface area contributed by atoms with E-state index >= 15 is 0 Å².